The van der Waals surface area contributed by atoms with E-state index in [9.17, 15) is 4.79 Å². The van der Waals surface area contributed by atoms with Crippen molar-refractivity contribution in [2.24, 2.45) is 11.8 Å². The van der Waals surface area contributed by atoms with Gasteiger partial charge in [0, 0.05) is 17.5 Å². The first-order valence-electron chi connectivity index (χ1n) is 10.1. The number of nitrogens with zero attached hydrogens (tertiary/aromatic N) is 2. The summed E-state index contributed by atoms with van der Waals surface area (Å²) in [5.41, 5.74) is 2.05. The smallest absolute Gasteiger partial charge is 0.260 e. The van der Waals surface area contributed by atoms with Crippen LogP contribution in [0.15, 0.2) is 40.5 Å². The van der Waals surface area contributed by atoms with Crippen molar-refractivity contribution in [3.05, 3.63) is 51.9 Å². The highest BCUT2D eigenvalue weighted by atomic mass is 32.1. The summed E-state index contributed by atoms with van der Waals surface area (Å²) in [4.78, 5) is 24.0. The number of aromatic nitrogens is 2. The minimum absolute atomic E-state index is 0.0114. The number of H-pyrrole nitrogens is 1. The van der Waals surface area contributed by atoms with Gasteiger partial charge in [0.1, 0.15) is 10.7 Å². The highest BCUT2D eigenvalue weighted by Gasteiger charge is 2.31. The highest BCUT2D eigenvalue weighted by molar-refractivity contribution is 7.17. The molecule has 2 atom stereocenters. The van der Waals surface area contributed by atoms with Crippen LogP contribution in [0.1, 0.15) is 37.9 Å². The van der Waals surface area contributed by atoms with Crippen molar-refractivity contribution in [3.8, 4) is 11.1 Å². The van der Waals surface area contributed by atoms with Crippen molar-refractivity contribution in [2.75, 3.05) is 13.1 Å². The number of aromatic amines is 1. The molecule has 1 aromatic carbocycles. The zero-order valence-corrected chi connectivity index (χ0v) is 16.3. The molecule has 1 aliphatic carbocycles. The minimum Gasteiger partial charge on any atom is -0.309 e. The van der Waals surface area contributed by atoms with Gasteiger partial charge in [0.2, 0.25) is 0 Å². The van der Waals surface area contributed by atoms with Gasteiger partial charge in [-0.1, -0.05) is 49.6 Å². The Morgan fingerprint density at radius 1 is 1.11 bits per heavy atom. The molecule has 3 aromatic rings. The molecule has 3 heterocycles. The zero-order chi connectivity index (χ0) is 18.2. The highest BCUT2D eigenvalue weighted by Crippen LogP contribution is 2.36. The van der Waals surface area contributed by atoms with Crippen LogP contribution >= 0.6 is 11.3 Å². The van der Waals surface area contributed by atoms with Crippen molar-refractivity contribution in [2.45, 2.75) is 38.6 Å². The fourth-order valence-electron chi connectivity index (χ4n) is 4.93. The van der Waals surface area contributed by atoms with E-state index in [-0.39, 0.29) is 5.56 Å². The Labute approximate surface area is 163 Å². The lowest BCUT2D eigenvalue weighted by molar-refractivity contribution is 0.0803. The largest absolute Gasteiger partial charge is 0.309 e. The molecule has 1 saturated heterocycles. The summed E-state index contributed by atoms with van der Waals surface area (Å²) >= 11 is 1.57. The molecule has 5 rings (SSSR count). The van der Waals surface area contributed by atoms with Crippen LogP contribution in [0.2, 0.25) is 0 Å². The van der Waals surface area contributed by atoms with Gasteiger partial charge >= 0.3 is 0 Å². The van der Waals surface area contributed by atoms with E-state index in [0.29, 0.717) is 0 Å². The van der Waals surface area contributed by atoms with E-state index in [1.807, 2.05) is 30.3 Å². The van der Waals surface area contributed by atoms with Gasteiger partial charge < -0.3 is 4.98 Å². The first kappa shape index (κ1) is 17.1. The molecule has 2 aliphatic rings. The van der Waals surface area contributed by atoms with Gasteiger partial charge in [-0.3, -0.25) is 9.69 Å². The number of piperidine rings is 1. The maximum Gasteiger partial charge on any atom is 0.260 e. The zero-order valence-electron chi connectivity index (χ0n) is 15.5. The van der Waals surface area contributed by atoms with Crippen LogP contribution < -0.4 is 5.56 Å². The summed E-state index contributed by atoms with van der Waals surface area (Å²) in [6.07, 6.45) is 6.88. The summed E-state index contributed by atoms with van der Waals surface area (Å²) in [6.45, 7) is 3.04. The van der Waals surface area contributed by atoms with Gasteiger partial charge in [-0.2, -0.15) is 0 Å². The lowest BCUT2D eigenvalue weighted by Gasteiger charge is -2.41. The van der Waals surface area contributed by atoms with E-state index in [1.54, 1.807) is 11.3 Å². The number of hydrogen-bond acceptors (Lipinski definition) is 4. The monoisotopic (exact) mass is 379 g/mol. The third kappa shape index (κ3) is 3.34. The minimum atomic E-state index is -0.0114. The Balaban J connectivity index is 1.40. The van der Waals surface area contributed by atoms with Crippen molar-refractivity contribution < 1.29 is 0 Å². The van der Waals surface area contributed by atoms with Crippen LogP contribution in [-0.4, -0.2) is 28.0 Å². The third-order valence-electron chi connectivity index (χ3n) is 6.33. The van der Waals surface area contributed by atoms with Crippen LogP contribution in [0.4, 0.5) is 0 Å². The summed E-state index contributed by atoms with van der Waals surface area (Å²) in [5.74, 6) is 2.58. The molecule has 0 spiro atoms. The standard InChI is InChI=1S/C22H25N3OS/c26-21-20-18(16-7-2-1-3-8-16)14-27-22(20)24-19(23-21)13-25-11-10-15-6-4-5-9-17(15)12-25/h1-3,7-8,14-15,17H,4-6,9-13H2,(H,23,24,26)/t15-,17+/m0/s1. The van der Waals surface area contributed by atoms with Gasteiger partial charge in [-0.15, -0.1) is 11.3 Å². The average Bonchev–Trinajstić information content (AvgIpc) is 3.13. The molecular weight excluding hydrogens is 354 g/mol. The molecule has 1 saturated carbocycles. The number of thiophene rings is 1. The molecule has 0 radical (unpaired) electrons. The lowest BCUT2D eigenvalue weighted by atomic mass is 9.75. The molecule has 4 nitrogen and oxygen atoms in total. The molecular formula is C22H25N3OS. The normalized spacial score (nSPS) is 23.4. The molecule has 2 aromatic heterocycles. The molecule has 5 heteroatoms. The second kappa shape index (κ2) is 7.21. The Morgan fingerprint density at radius 3 is 2.78 bits per heavy atom. The van der Waals surface area contributed by atoms with Gasteiger partial charge in [0.25, 0.3) is 5.56 Å². The Hall–Kier alpha value is -1.98. The summed E-state index contributed by atoms with van der Waals surface area (Å²) in [7, 11) is 0. The first-order chi connectivity index (χ1) is 13.3. The molecule has 2 fully saturated rings. The summed E-state index contributed by atoms with van der Waals surface area (Å²) in [6, 6.07) is 10.1. The second-order valence-electron chi connectivity index (χ2n) is 8.04. The van der Waals surface area contributed by atoms with Crippen LogP contribution in [0, 0.1) is 11.8 Å². The predicted octanol–water partition coefficient (Wildman–Crippen LogP) is 4.66. The van der Waals surface area contributed by atoms with Crippen molar-refractivity contribution in [1.82, 2.24) is 14.9 Å². The molecule has 1 N–H and O–H groups in total. The third-order valence-corrected chi connectivity index (χ3v) is 7.20. The average molecular weight is 380 g/mol. The van der Waals surface area contributed by atoms with Crippen LogP contribution in [0.3, 0.4) is 0 Å². The quantitative estimate of drug-likeness (QED) is 0.720. The Morgan fingerprint density at radius 2 is 1.93 bits per heavy atom. The van der Waals surface area contributed by atoms with E-state index in [0.717, 1.165) is 58.6 Å². The van der Waals surface area contributed by atoms with Crippen LogP contribution in [0.5, 0.6) is 0 Å². The van der Waals surface area contributed by atoms with Crippen molar-refractivity contribution in [3.63, 3.8) is 0 Å². The van der Waals surface area contributed by atoms with E-state index < -0.39 is 0 Å². The number of likely N-dealkylation sites (tertiary alicyclic amines) is 1. The maximum absolute atomic E-state index is 12.8. The van der Waals surface area contributed by atoms with E-state index in [2.05, 4.69) is 15.3 Å². The van der Waals surface area contributed by atoms with Crippen molar-refractivity contribution >= 4 is 21.6 Å². The van der Waals surface area contributed by atoms with Gasteiger partial charge in [0.05, 0.1) is 11.9 Å². The van der Waals surface area contributed by atoms with E-state index in [4.69, 9.17) is 4.98 Å². The fourth-order valence-corrected chi connectivity index (χ4v) is 5.90. The van der Waals surface area contributed by atoms with Crippen molar-refractivity contribution in [1.29, 1.82) is 0 Å². The first-order valence-corrected chi connectivity index (χ1v) is 10.9. The predicted molar refractivity (Wildman–Crippen MR) is 111 cm³/mol. The number of benzene rings is 1. The lowest BCUT2D eigenvalue weighted by Crippen LogP contribution is -2.41. The van der Waals surface area contributed by atoms with Gasteiger partial charge in [0.15, 0.2) is 0 Å². The fraction of sp³-hybridized carbons (Fsp3) is 0.455. The summed E-state index contributed by atoms with van der Waals surface area (Å²) < 4.78 is 0. The Kier molecular flexibility index (Phi) is 4.58. The van der Waals surface area contributed by atoms with Crippen LogP contribution in [0.25, 0.3) is 21.3 Å². The molecule has 140 valence electrons. The number of nitrogens with one attached hydrogen (secondary N) is 1. The number of rotatable bonds is 3. The van der Waals surface area contributed by atoms with E-state index in [1.165, 1.54) is 32.1 Å². The molecule has 0 bridgehead atoms. The number of hydrogen-bond donors (Lipinski definition) is 1. The molecule has 27 heavy (non-hydrogen) atoms. The van der Waals surface area contributed by atoms with Crippen LogP contribution in [-0.2, 0) is 6.54 Å². The SMILES string of the molecule is O=c1[nH]c(CN2CC[C@@H]3CCCC[C@@H]3C2)nc2scc(-c3ccccc3)c12. The van der Waals surface area contributed by atoms with Gasteiger partial charge in [-0.25, -0.2) is 4.98 Å². The molecule has 1 aliphatic heterocycles. The Bertz CT molecular complexity index is 994. The maximum atomic E-state index is 12.8. The number of fused-ring (bicyclic) bond motifs is 2. The van der Waals surface area contributed by atoms with E-state index >= 15 is 0 Å². The topological polar surface area (TPSA) is 49.0 Å². The second-order valence-corrected chi connectivity index (χ2v) is 8.89. The summed E-state index contributed by atoms with van der Waals surface area (Å²) in [5, 5.41) is 2.78. The molecule has 0 amide bonds. The van der Waals surface area contributed by atoms with Gasteiger partial charge in [-0.05, 0) is 36.8 Å². The molecule has 0 unspecified atom stereocenters.